The van der Waals surface area contributed by atoms with Gasteiger partial charge in [0.2, 0.25) is 0 Å². The van der Waals surface area contributed by atoms with Crippen LogP contribution in [0.1, 0.15) is 21.6 Å². The molecule has 1 amide bonds. The number of pyridine rings is 1. The van der Waals surface area contributed by atoms with Crippen molar-refractivity contribution >= 4 is 17.2 Å². The summed E-state index contributed by atoms with van der Waals surface area (Å²) >= 11 is 0. The second-order valence-electron chi connectivity index (χ2n) is 5.22. The molecule has 23 heavy (non-hydrogen) atoms. The Bertz CT molecular complexity index is 871. The van der Waals surface area contributed by atoms with Crippen molar-refractivity contribution in [3.8, 4) is 5.75 Å². The molecule has 2 heterocycles. The van der Waals surface area contributed by atoms with E-state index in [1.165, 1.54) is 7.11 Å². The Morgan fingerprint density at radius 2 is 2.17 bits per heavy atom. The number of nitrogens with one attached hydrogen (secondary N) is 1. The van der Waals surface area contributed by atoms with Gasteiger partial charge in [-0.05, 0) is 36.8 Å². The fourth-order valence-electron chi connectivity index (χ4n) is 2.43. The summed E-state index contributed by atoms with van der Waals surface area (Å²) in [5.41, 5.74) is 3.40. The molecule has 2 N–H and O–H groups in total. The van der Waals surface area contributed by atoms with E-state index >= 15 is 0 Å². The van der Waals surface area contributed by atoms with E-state index < -0.39 is 0 Å². The smallest absolute Gasteiger partial charge is 0.274 e. The summed E-state index contributed by atoms with van der Waals surface area (Å²) < 4.78 is 6.90. The number of amides is 1. The van der Waals surface area contributed by atoms with Gasteiger partial charge in [0, 0.05) is 17.4 Å². The third-order valence-corrected chi connectivity index (χ3v) is 3.59. The molecular weight excluding hydrogens is 294 g/mol. The van der Waals surface area contributed by atoms with Gasteiger partial charge in [-0.3, -0.25) is 9.20 Å². The predicted octanol–water partition coefficient (Wildman–Crippen LogP) is 2.40. The fourth-order valence-corrected chi connectivity index (χ4v) is 2.43. The van der Waals surface area contributed by atoms with E-state index in [4.69, 9.17) is 4.74 Å². The average molecular weight is 311 g/mol. The van der Waals surface area contributed by atoms with Crippen LogP contribution in [0.2, 0.25) is 0 Å². The highest BCUT2D eigenvalue weighted by molar-refractivity contribution is 6.03. The quantitative estimate of drug-likeness (QED) is 0.776. The molecule has 0 saturated carbocycles. The summed E-state index contributed by atoms with van der Waals surface area (Å²) in [6, 6.07) is 8.93. The van der Waals surface area contributed by atoms with Crippen molar-refractivity contribution in [3.05, 3.63) is 59.5 Å². The van der Waals surface area contributed by atoms with Gasteiger partial charge in [-0.2, -0.15) is 0 Å². The van der Waals surface area contributed by atoms with Crippen molar-refractivity contribution in [3.63, 3.8) is 0 Å². The Morgan fingerprint density at radius 1 is 1.35 bits per heavy atom. The molecular formula is C17H17N3O3. The van der Waals surface area contributed by atoms with Gasteiger partial charge < -0.3 is 15.2 Å². The van der Waals surface area contributed by atoms with Crippen LogP contribution in [-0.2, 0) is 6.61 Å². The maximum absolute atomic E-state index is 12.5. The second-order valence-corrected chi connectivity index (χ2v) is 5.22. The normalized spacial score (nSPS) is 10.7. The standard InChI is InChI=1S/C17H17N3O3/c1-11-3-6-16-18-8-14(20(16)9-11)17(22)19-13-4-5-15(23-2)12(7-13)10-21/h3-9,21H,10H2,1-2H3,(H,19,22). The molecule has 3 aromatic rings. The van der Waals surface area contributed by atoms with E-state index in [-0.39, 0.29) is 12.5 Å². The Morgan fingerprint density at radius 3 is 2.91 bits per heavy atom. The highest BCUT2D eigenvalue weighted by Gasteiger charge is 2.13. The monoisotopic (exact) mass is 311 g/mol. The average Bonchev–Trinajstić information content (AvgIpc) is 2.97. The third-order valence-electron chi connectivity index (χ3n) is 3.59. The van der Waals surface area contributed by atoms with Crippen molar-refractivity contribution in [2.75, 3.05) is 12.4 Å². The largest absolute Gasteiger partial charge is 0.496 e. The molecule has 0 aliphatic rings. The molecule has 0 aliphatic heterocycles. The summed E-state index contributed by atoms with van der Waals surface area (Å²) in [5.74, 6) is 0.313. The van der Waals surface area contributed by atoms with Gasteiger partial charge in [0.05, 0.1) is 19.9 Å². The molecule has 0 fully saturated rings. The van der Waals surface area contributed by atoms with Gasteiger partial charge in [-0.1, -0.05) is 6.07 Å². The van der Waals surface area contributed by atoms with Crippen LogP contribution < -0.4 is 10.1 Å². The molecule has 3 rings (SSSR count). The van der Waals surface area contributed by atoms with Crippen molar-refractivity contribution < 1.29 is 14.6 Å². The Balaban J connectivity index is 1.90. The minimum Gasteiger partial charge on any atom is -0.496 e. The number of carbonyl (C=O) groups excluding carboxylic acids is 1. The molecule has 0 unspecified atom stereocenters. The number of methoxy groups -OCH3 is 1. The van der Waals surface area contributed by atoms with E-state index in [1.54, 1.807) is 28.8 Å². The molecule has 6 nitrogen and oxygen atoms in total. The number of hydrogen-bond acceptors (Lipinski definition) is 4. The molecule has 2 aromatic heterocycles. The predicted molar refractivity (Wildman–Crippen MR) is 86.8 cm³/mol. The Hall–Kier alpha value is -2.86. The van der Waals surface area contributed by atoms with Crippen LogP contribution in [0.3, 0.4) is 0 Å². The molecule has 0 atom stereocenters. The number of benzene rings is 1. The number of aromatic nitrogens is 2. The van der Waals surface area contributed by atoms with Crippen LogP contribution in [-0.4, -0.2) is 27.5 Å². The number of carbonyl (C=O) groups is 1. The number of hydrogen-bond donors (Lipinski definition) is 2. The molecule has 1 aromatic carbocycles. The number of aliphatic hydroxyl groups excluding tert-OH is 1. The zero-order chi connectivity index (χ0) is 16.4. The SMILES string of the molecule is COc1ccc(NC(=O)c2cnc3ccc(C)cn23)cc1CO. The van der Waals surface area contributed by atoms with Gasteiger partial charge in [0.1, 0.15) is 17.1 Å². The lowest BCUT2D eigenvalue weighted by Gasteiger charge is -2.10. The van der Waals surface area contributed by atoms with E-state index in [9.17, 15) is 9.90 Å². The summed E-state index contributed by atoms with van der Waals surface area (Å²) in [6.45, 7) is 1.79. The number of aliphatic hydroxyl groups is 1. The maximum atomic E-state index is 12.5. The van der Waals surface area contributed by atoms with Crippen LogP contribution in [0.4, 0.5) is 5.69 Å². The van der Waals surface area contributed by atoms with E-state index in [0.717, 1.165) is 5.56 Å². The summed E-state index contributed by atoms with van der Waals surface area (Å²) in [6.07, 6.45) is 3.41. The zero-order valence-corrected chi connectivity index (χ0v) is 12.9. The highest BCUT2D eigenvalue weighted by Crippen LogP contribution is 2.23. The van der Waals surface area contributed by atoms with Crippen molar-refractivity contribution in [1.29, 1.82) is 0 Å². The van der Waals surface area contributed by atoms with Crippen molar-refractivity contribution in [2.24, 2.45) is 0 Å². The first-order valence-electron chi connectivity index (χ1n) is 7.15. The second kappa shape index (κ2) is 6.10. The topological polar surface area (TPSA) is 75.9 Å². The van der Waals surface area contributed by atoms with Gasteiger partial charge >= 0.3 is 0 Å². The van der Waals surface area contributed by atoms with E-state index in [1.807, 2.05) is 25.3 Å². The Kier molecular flexibility index (Phi) is 3.99. The van der Waals surface area contributed by atoms with E-state index in [0.29, 0.717) is 28.3 Å². The zero-order valence-electron chi connectivity index (χ0n) is 12.9. The minimum absolute atomic E-state index is 0.165. The maximum Gasteiger partial charge on any atom is 0.274 e. The van der Waals surface area contributed by atoms with Crippen molar-refractivity contribution in [2.45, 2.75) is 13.5 Å². The number of ether oxygens (including phenoxy) is 1. The lowest BCUT2D eigenvalue weighted by molar-refractivity contribution is 0.102. The molecule has 0 aliphatic carbocycles. The lowest BCUT2D eigenvalue weighted by Crippen LogP contribution is -2.14. The van der Waals surface area contributed by atoms with Gasteiger partial charge in [-0.25, -0.2) is 4.98 Å². The first-order chi connectivity index (χ1) is 11.1. The summed E-state index contributed by atoms with van der Waals surface area (Å²) in [7, 11) is 1.54. The van der Waals surface area contributed by atoms with E-state index in [2.05, 4.69) is 10.3 Å². The minimum atomic E-state index is -0.267. The van der Waals surface area contributed by atoms with Gasteiger partial charge in [0.15, 0.2) is 0 Å². The molecule has 0 bridgehead atoms. The van der Waals surface area contributed by atoms with Gasteiger partial charge in [-0.15, -0.1) is 0 Å². The Labute approximate surface area is 133 Å². The van der Waals surface area contributed by atoms with Crippen molar-refractivity contribution in [1.82, 2.24) is 9.38 Å². The van der Waals surface area contributed by atoms with Crippen LogP contribution >= 0.6 is 0 Å². The number of aryl methyl sites for hydroxylation is 1. The number of nitrogens with zero attached hydrogens (tertiary/aromatic N) is 2. The number of rotatable bonds is 4. The lowest BCUT2D eigenvalue weighted by atomic mass is 10.2. The molecule has 0 radical (unpaired) electrons. The number of anilines is 1. The number of fused-ring (bicyclic) bond motifs is 1. The van der Waals surface area contributed by atoms with Crippen LogP contribution in [0.15, 0.2) is 42.7 Å². The molecule has 0 spiro atoms. The first-order valence-corrected chi connectivity index (χ1v) is 7.15. The third kappa shape index (κ3) is 2.89. The molecule has 6 heteroatoms. The van der Waals surface area contributed by atoms with Crippen LogP contribution in [0.5, 0.6) is 5.75 Å². The van der Waals surface area contributed by atoms with Crippen LogP contribution in [0.25, 0.3) is 5.65 Å². The molecule has 118 valence electrons. The van der Waals surface area contributed by atoms with Gasteiger partial charge in [0.25, 0.3) is 5.91 Å². The fraction of sp³-hybridized carbons (Fsp3) is 0.176. The highest BCUT2D eigenvalue weighted by atomic mass is 16.5. The summed E-state index contributed by atoms with van der Waals surface area (Å²) in [5, 5.41) is 12.2. The molecule has 0 saturated heterocycles. The first kappa shape index (κ1) is 15.1. The van der Waals surface area contributed by atoms with Crippen LogP contribution in [0, 0.1) is 6.92 Å². The summed E-state index contributed by atoms with van der Waals surface area (Å²) in [4.78, 5) is 16.7. The number of imidazole rings is 1.